The largest absolute Gasteiger partial charge is 0.496 e. The Morgan fingerprint density at radius 3 is 2.40 bits per heavy atom. The molecule has 0 aliphatic heterocycles. The molecule has 1 amide bonds. The summed E-state index contributed by atoms with van der Waals surface area (Å²) in [4.78, 5) is 14.1. The maximum absolute atomic E-state index is 12.3. The molecule has 0 heterocycles. The number of para-hydroxylation sites is 1. The van der Waals surface area contributed by atoms with Gasteiger partial charge in [-0.05, 0) is 33.8 Å². The molecule has 4 nitrogen and oxygen atoms in total. The molecule has 0 aliphatic rings. The lowest BCUT2D eigenvalue weighted by molar-refractivity contribution is -0.132. The zero-order chi connectivity index (χ0) is 15.1. The molecule has 1 aromatic rings. The van der Waals surface area contributed by atoms with Crippen LogP contribution in [-0.4, -0.2) is 37.0 Å². The number of nitrogens with zero attached hydrogens (tertiary/aromatic N) is 1. The van der Waals surface area contributed by atoms with Gasteiger partial charge in [0.1, 0.15) is 5.75 Å². The van der Waals surface area contributed by atoms with E-state index in [2.05, 4.69) is 5.32 Å². The smallest absolute Gasteiger partial charge is 0.239 e. The third-order valence-electron chi connectivity index (χ3n) is 3.55. The number of hydrogen-bond donors (Lipinski definition) is 1. The highest BCUT2D eigenvalue weighted by molar-refractivity contribution is 5.81. The normalized spacial score (nSPS) is 13.7. The van der Waals surface area contributed by atoms with Crippen molar-refractivity contribution in [1.82, 2.24) is 10.2 Å². The summed E-state index contributed by atoms with van der Waals surface area (Å²) in [6.07, 6.45) is 0. The molecular formula is C16H26N2O2. The van der Waals surface area contributed by atoms with Crippen molar-refractivity contribution in [2.24, 2.45) is 0 Å². The highest BCUT2D eigenvalue weighted by atomic mass is 16.5. The van der Waals surface area contributed by atoms with E-state index in [9.17, 15) is 4.79 Å². The average molecular weight is 278 g/mol. The van der Waals surface area contributed by atoms with Gasteiger partial charge in [-0.1, -0.05) is 18.2 Å². The second kappa shape index (κ2) is 7.90. The Kier molecular flexibility index (Phi) is 6.52. The fourth-order valence-corrected chi connectivity index (χ4v) is 2.37. The number of carbonyl (C=O) groups is 1. The minimum Gasteiger partial charge on any atom is -0.496 e. The molecule has 0 saturated carbocycles. The number of rotatable bonds is 7. The summed E-state index contributed by atoms with van der Waals surface area (Å²) >= 11 is 0. The van der Waals surface area contributed by atoms with Gasteiger partial charge in [-0.3, -0.25) is 10.1 Å². The fraction of sp³-hybridized carbons (Fsp3) is 0.562. The number of methoxy groups -OCH3 is 1. The van der Waals surface area contributed by atoms with Gasteiger partial charge in [0, 0.05) is 24.7 Å². The standard InChI is InChI=1S/C16H26N2O2/c1-6-18(7-2)16(19)13(4)17-12(3)14-10-8-9-11-15(14)20-5/h8-13,17H,6-7H2,1-5H3. The van der Waals surface area contributed by atoms with Crippen LogP contribution in [0.25, 0.3) is 0 Å². The van der Waals surface area contributed by atoms with Gasteiger partial charge < -0.3 is 9.64 Å². The zero-order valence-corrected chi connectivity index (χ0v) is 13.1. The first-order valence-corrected chi connectivity index (χ1v) is 7.22. The van der Waals surface area contributed by atoms with Crippen LogP contribution in [0.15, 0.2) is 24.3 Å². The van der Waals surface area contributed by atoms with E-state index in [0.29, 0.717) is 0 Å². The van der Waals surface area contributed by atoms with Crippen molar-refractivity contribution in [2.75, 3.05) is 20.2 Å². The lowest BCUT2D eigenvalue weighted by atomic mass is 10.1. The number of likely N-dealkylation sites (N-methyl/N-ethyl adjacent to an activating group) is 1. The molecule has 0 spiro atoms. The van der Waals surface area contributed by atoms with Crippen LogP contribution in [0.3, 0.4) is 0 Å². The van der Waals surface area contributed by atoms with E-state index in [4.69, 9.17) is 4.74 Å². The summed E-state index contributed by atoms with van der Waals surface area (Å²) in [6.45, 7) is 9.43. The third-order valence-corrected chi connectivity index (χ3v) is 3.55. The molecule has 1 rings (SSSR count). The van der Waals surface area contributed by atoms with Crippen LogP contribution in [0.4, 0.5) is 0 Å². The van der Waals surface area contributed by atoms with E-state index >= 15 is 0 Å². The number of hydrogen-bond acceptors (Lipinski definition) is 3. The highest BCUT2D eigenvalue weighted by Crippen LogP contribution is 2.24. The maximum Gasteiger partial charge on any atom is 0.239 e. The summed E-state index contributed by atoms with van der Waals surface area (Å²) in [5.74, 6) is 0.978. The molecule has 0 radical (unpaired) electrons. The van der Waals surface area contributed by atoms with Gasteiger partial charge in [-0.2, -0.15) is 0 Å². The van der Waals surface area contributed by atoms with Gasteiger partial charge in [0.2, 0.25) is 5.91 Å². The number of amides is 1. The van der Waals surface area contributed by atoms with E-state index in [1.54, 1.807) is 7.11 Å². The molecular weight excluding hydrogens is 252 g/mol. The molecule has 2 atom stereocenters. The van der Waals surface area contributed by atoms with Crippen molar-refractivity contribution in [3.05, 3.63) is 29.8 Å². The quantitative estimate of drug-likeness (QED) is 0.833. The van der Waals surface area contributed by atoms with E-state index in [-0.39, 0.29) is 18.0 Å². The van der Waals surface area contributed by atoms with Crippen molar-refractivity contribution in [3.63, 3.8) is 0 Å². The SMILES string of the molecule is CCN(CC)C(=O)C(C)NC(C)c1ccccc1OC. The third kappa shape index (κ3) is 3.97. The van der Waals surface area contributed by atoms with Crippen LogP contribution in [0.2, 0.25) is 0 Å². The molecule has 1 N–H and O–H groups in total. The first-order valence-electron chi connectivity index (χ1n) is 7.22. The van der Waals surface area contributed by atoms with Crippen LogP contribution >= 0.6 is 0 Å². The first kappa shape index (κ1) is 16.5. The highest BCUT2D eigenvalue weighted by Gasteiger charge is 2.21. The number of benzene rings is 1. The monoisotopic (exact) mass is 278 g/mol. The molecule has 0 bridgehead atoms. The van der Waals surface area contributed by atoms with Crippen LogP contribution in [0.1, 0.15) is 39.3 Å². The Balaban J connectivity index is 2.74. The van der Waals surface area contributed by atoms with Crippen LogP contribution in [0, 0.1) is 0 Å². The minimum absolute atomic E-state index is 0.0562. The molecule has 0 fully saturated rings. The molecule has 0 aromatic heterocycles. The van der Waals surface area contributed by atoms with Crippen molar-refractivity contribution in [2.45, 2.75) is 39.8 Å². The van der Waals surface area contributed by atoms with Gasteiger partial charge in [0.15, 0.2) is 0 Å². The Bertz CT molecular complexity index is 430. The predicted molar refractivity (Wildman–Crippen MR) is 81.9 cm³/mol. The van der Waals surface area contributed by atoms with Crippen molar-refractivity contribution < 1.29 is 9.53 Å². The van der Waals surface area contributed by atoms with Crippen LogP contribution in [0.5, 0.6) is 5.75 Å². The molecule has 0 aliphatic carbocycles. The lowest BCUT2D eigenvalue weighted by Crippen LogP contribution is -2.45. The van der Waals surface area contributed by atoms with Gasteiger partial charge in [0.05, 0.1) is 13.2 Å². The van der Waals surface area contributed by atoms with Gasteiger partial charge in [0.25, 0.3) is 0 Å². The summed E-state index contributed by atoms with van der Waals surface area (Å²) < 4.78 is 5.36. The van der Waals surface area contributed by atoms with Gasteiger partial charge in [-0.25, -0.2) is 0 Å². The first-order chi connectivity index (χ1) is 9.54. The lowest BCUT2D eigenvalue weighted by Gasteiger charge is -2.26. The summed E-state index contributed by atoms with van der Waals surface area (Å²) in [7, 11) is 1.66. The Morgan fingerprint density at radius 1 is 1.25 bits per heavy atom. The van der Waals surface area contributed by atoms with Crippen molar-refractivity contribution >= 4 is 5.91 Å². The second-order valence-electron chi connectivity index (χ2n) is 4.86. The van der Waals surface area contributed by atoms with Crippen molar-refractivity contribution in [3.8, 4) is 5.75 Å². The molecule has 2 unspecified atom stereocenters. The fourth-order valence-electron chi connectivity index (χ4n) is 2.37. The van der Waals surface area contributed by atoms with E-state index in [0.717, 1.165) is 24.4 Å². The van der Waals surface area contributed by atoms with E-state index in [1.807, 2.05) is 56.9 Å². The average Bonchev–Trinajstić information content (AvgIpc) is 2.48. The molecule has 4 heteroatoms. The predicted octanol–water partition coefficient (Wildman–Crippen LogP) is 2.60. The Labute approximate surface area is 122 Å². The summed E-state index contributed by atoms with van der Waals surface area (Å²) in [5.41, 5.74) is 1.06. The Hall–Kier alpha value is -1.55. The maximum atomic E-state index is 12.3. The van der Waals surface area contributed by atoms with E-state index in [1.165, 1.54) is 0 Å². The Morgan fingerprint density at radius 2 is 1.85 bits per heavy atom. The minimum atomic E-state index is -0.213. The van der Waals surface area contributed by atoms with Crippen LogP contribution in [-0.2, 0) is 4.79 Å². The topological polar surface area (TPSA) is 41.6 Å². The second-order valence-corrected chi connectivity index (χ2v) is 4.86. The number of carbonyl (C=O) groups excluding carboxylic acids is 1. The molecule has 1 aromatic carbocycles. The van der Waals surface area contributed by atoms with Crippen LogP contribution < -0.4 is 10.1 Å². The van der Waals surface area contributed by atoms with Gasteiger partial charge in [-0.15, -0.1) is 0 Å². The van der Waals surface area contributed by atoms with Crippen molar-refractivity contribution in [1.29, 1.82) is 0 Å². The molecule has 20 heavy (non-hydrogen) atoms. The molecule has 112 valence electrons. The van der Waals surface area contributed by atoms with Gasteiger partial charge >= 0.3 is 0 Å². The number of ether oxygens (including phenoxy) is 1. The molecule has 0 saturated heterocycles. The zero-order valence-electron chi connectivity index (χ0n) is 13.1. The number of nitrogens with one attached hydrogen (secondary N) is 1. The van der Waals surface area contributed by atoms with E-state index < -0.39 is 0 Å². The summed E-state index contributed by atoms with van der Waals surface area (Å²) in [5, 5.41) is 3.35. The summed E-state index contributed by atoms with van der Waals surface area (Å²) in [6, 6.07) is 7.72.